The zero-order valence-electron chi connectivity index (χ0n) is 17.5. The van der Waals surface area contributed by atoms with E-state index in [4.69, 9.17) is 4.74 Å². The number of thioether (sulfide) groups is 1. The predicted octanol–water partition coefficient (Wildman–Crippen LogP) is 3.28. The molecule has 0 bridgehead atoms. The molecule has 1 fully saturated rings. The van der Waals surface area contributed by atoms with Gasteiger partial charge in [-0.15, -0.1) is 11.8 Å². The fourth-order valence-electron chi connectivity index (χ4n) is 3.41. The van der Waals surface area contributed by atoms with Crippen LogP contribution in [-0.2, 0) is 4.79 Å². The summed E-state index contributed by atoms with van der Waals surface area (Å²) in [5.74, 6) is 0.886. The first-order valence-corrected chi connectivity index (χ1v) is 11.0. The Morgan fingerprint density at radius 2 is 1.72 bits per heavy atom. The van der Waals surface area contributed by atoms with Gasteiger partial charge in [0, 0.05) is 37.6 Å². The summed E-state index contributed by atoms with van der Waals surface area (Å²) in [6.45, 7) is 7.00. The van der Waals surface area contributed by atoms with Gasteiger partial charge in [-0.05, 0) is 43.8 Å². The average Bonchev–Trinajstić information content (AvgIpc) is 2.76. The van der Waals surface area contributed by atoms with Crippen LogP contribution >= 0.6 is 11.8 Å². The maximum absolute atomic E-state index is 13.0. The van der Waals surface area contributed by atoms with Crippen LogP contribution in [0.15, 0.2) is 59.5 Å². The molecule has 0 spiro atoms. The van der Waals surface area contributed by atoms with E-state index in [1.807, 2.05) is 49.4 Å². The van der Waals surface area contributed by atoms with Crippen molar-refractivity contribution < 1.29 is 9.53 Å². The summed E-state index contributed by atoms with van der Waals surface area (Å²) in [6, 6.07) is 18.1. The first-order valence-electron chi connectivity index (χ1n) is 10.1. The van der Waals surface area contributed by atoms with Crippen LogP contribution in [0.25, 0.3) is 0 Å². The van der Waals surface area contributed by atoms with E-state index < -0.39 is 0 Å². The van der Waals surface area contributed by atoms with Crippen molar-refractivity contribution in [3.63, 3.8) is 0 Å². The van der Waals surface area contributed by atoms with Gasteiger partial charge in [0.15, 0.2) is 0 Å². The third-order valence-electron chi connectivity index (χ3n) is 5.30. The number of benzene rings is 2. The number of piperazine rings is 1. The molecule has 1 saturated heterocycles. The molecule has 0 aromatic heterocycles. The molecule has 2 atom stereocenters. The molecule has 1 amide bonds. The molecule has 29 heavy (non-hydrogen) atoms. The highest BCUT2D eigenvalue weighted by Crippen LogP contribution is 2.26. The zero-order valence-corrected chi connectivity index (χ0v) is 18.3. The van der Waals surface area contributed by atoms with Crippen molar-refractivity contribution in [3.05, 3.63) is 60.2 Å². The molecular weight excluding hydrogens is 382 g/mol. The topological polar surface area (TPSA) is 44.8 Å². The number of carbonyl (C=O) groups excluding carboxylic acids is 1. The second kappa shape index (κ2) is 10.7. The summed E-state index contributed by atoms with van der Waals surface area (Å²) >= 11 is 1.57. The number of hydrogen-bond acceptors (Lipinski definition) is 5. The van der Waals surface area contributed by atoms with E-state index in [1.165, 1.54) is 0 Å². The lowest BCUT2D eigenvalue weighted by molar-refractivity contribution is -0.121. The van der Waals surface area contributed by atoms with Crippen molar-refractivity contribution >= 4 is 17.7 Å². The molecular formula is C23H31N3O2S. The largest absolute Gasteiger partial charge is 0.497 e. The van der Waals surface area contributed by atoms with Gasteiger partial charge in [0.2, 0.25) is 5.91 Å². The molecule has 2 aromatic rings. The predicted molar refractivity (Wildman–Crippen MR) is 120 cm³/mol. The van der Waals surface area contributed by atoms with Gasteiger partial charge >= 0.3 is 0 Å². The molecule has 1 N–H and O–H groups in total. The number of amides is 1. The highest BCUT2D eigenvalue weighted by atomic mass is 32.2. The first-order chi connectivity index (χ1) is 14.0. The Labute approximate surface area is 178 Å². The Bertz CT molecular complexity index is 761. The smallest absolute Gasteiger partial charge is 0.233 e. The highest BCUT2D eigenvalue weighted by Gasteiger charge is 2.23. The standard InChI is InChI=1S/C23H31N3O2S/c1-18(29-21-11-9-20(28-3)10-12-21)23(27)24-22(19-7-5-4-6-8-19)17-26-15-13-25(2)14-16-26/h4-12,18,22H,13-17H2,1-3H3,(H,24,27). The van der Waals surface area contributed by atoms with Crippen LogP contribution in [-0.4, -0.2) is 67.8 Å². The van der Waals surface area contributed by atoms with Crippen molar-refractivity contribution in [2.24, 2.45) is 0 Å². The third kappa shape index (κ3) is 6.49. The van der Waals surface area contributed by atoms with Gasteiger partial charge in [0.1, 0.15) is 5.75 Å². The summed E-state index contributed by atoms with van der Waals surface area (Å²) < 4.78 is 5.21. The van der Waals surface area contributed by atoms with E-state index in [9.17, 15) is 4.79 Å². The Morgan fingerprint density at radius 3 is 2.34 bits per heavy atom. The monoisotopic (exact) mass is 413 g/mol. The number of likely N-dealkylation sites (N-methyl/N-ethyl adjacent to an activating group) is 1. The minimum atomic E-state index is -0.179. The first kappa shape index (κ1) is 21.7. The summed E-state index contributed by atoms with van der Waals surface area (Å²) in [6.07, 6.45) is 0. The lowest BCUT2D eigenvalue weighted by Gasteiger charge is -2.35. The maximum Gasteiger partial charge on any atom is 0.233 e. The Balaban J connectivity index is 1.63. The molecule has 156 valence electrons. The summed E-state index contributed by atoms with van der Waals surface area (Å²) in [4.78, 5) is 18.8. The van der Waals surface area contributed by atoms with Crippen LogP contribution in [0.2, 0.25) is 0 Å². The lowest BCUT2D eigenvalue weighted by atomic mass is 10.1. The SMILES string of the molecule is COc1ccc(SC(C)C(=O)NC(CN2CCN(C)CC2)c2ccccc2)cc1. The second-order valence-corrected chi connectivity index (χ2v) is 8.93. The lowest BCUT2D eigenvalue weighted by Crippen LogP contribution is -2.48. The van der Waals surface area contributed by atoms with Gasteiger partial charge in [-0.2, -0.15) is 0 Å². The number of carbonyl (C=O) groups is 1. The molecule has 1 aliphatic rings. The summed E-state index contributed by atoms with van der Waals surface area (Å²) in [5, 5.41) is 3.12. The second-order valence-electron chi connectivity index (χ2n) is 7.51. The van der Waals surface area contributed by atoms with E-state index in [0.717, 1.165) is 48.9 Å². The maximum atomic E-state index is 13.0. The van der Waals surface area contributed by atoms with Gasteiger partial charge in [0.05, 0.1) is 18.4 Å². The Morgan fingerprint density at radius 1 is 1.07 bits per heavy atom. The van der Waals surface area contributed by atoms with Crippen molar-refractivity contribution in [1.82, 2.24) is 15.1 Å². The van der Waals surface area contributed by atoms with Crippen LogP contribution in [0.4, 0.5) is 0 Å². The molecule has 5 nitrogen and oxygen atoms in total. The quantitative estimate of drug-likeness (QED) is 0.673. The molecule has 1 heterocycles. The molecule has 0 aliphatic carbocycles. The molecule has 2 aromatic carbocycles. The minimum absolute atomic E-state index is 0.00831. The number of nitrogens with one attached hydrogen (secondary N) is 1. The minimum Gasteiger partial charge on any atom is -0.497 e. The Hall–Kier alpha value is -2.02. The summed E-state index contributed by atoms with van der Waals surface area (Å²) in [5.41, 5.74) is 1.15. The number of methoxy groups -OCH3 is 1. The molecule has 0 radical (unpaired) electrons. The zero-order chi connectivity index (χ0) is 20.6. The van der Waals surface area contributed by atoms with Crippen LogP contribution in [0.3, 0.4) is 0 Å². The van der Waals surface area contributed by atoms with Crippen molar-refractivity contribution in [1.29, 1.82) is 0 Å². The number of rotatable bonds is 8. The van der Waals surface area contributed by atoms with Crippen LogP contribution in [0.1, 0.15) is 18.5 Å². The van der Waals surface area contributed by atoms with Crippen LogP contribution in [0, 0.1) is 0 Å². The van der Waals surface area contributed by atoms with E-state index in [-0.39, 0.29) is 17.2 Å². The fraction of sp³-hybridized carbons (Fsp3) is 0.435. The fourth-order valence-corrected chi connectivity index (χ4v) is 4.29. The van der Waals surface area contributed by atoms with Gasteiger partial charge in [-0.25, -0.2) is 0 Å². The van der Waals surface area contributed by atoms with Crippen molar-refractivity contribution in [3.8, 4) is 5.75 Å². The van der Waals surface area contributed by atoms with Gasteiger partial charge < -0.3 is 15.0 Å². The van der Waals surface area contributed by atoms with E-state index in [1.54, 1.807) is 18.9 Å². The molecule has 2 unspecified atom stereocenters. The molecule has 6 heteroatoms. The molecule has 3 rings (SSSR count). The number of ether oxygens (including phenoxy) is 1. The van der Waals surface area contributed by atoms with Crippen molar-refractivity contribution in [2.75, 3.05) is 46.9 Å². The third-order valence-corrected chi connectivity index (χ3v) is 6.41. The Kier molecular flexibility index (Phi) is 7.98. The highest BCUT2D eigenvalue weighted by molar-refractivity contribution is 8.00. The molecule has 0 saturated carbocycles. The average molecular weight is 414 g/mol. The van der Waals surface area contributed by atoms with Crippen LogP contribution in [0.5, 0.6) is 5.75 Å². The number of nitrogens with zero attached hydrogens (tertiary/aromatic N) is 2. The van der Waals surface area contributed by atoms with E-state index in [0.29, 0.717) is 0 Å². The normalized spacial score (nSPS) is 17.5. The van der Waals surface area contributed by atoms with E-state index in [2.05, 4.69) is 34.3 Å². The van der Waals surface area contributed by atoms with Gasteiger partial charge in [-0.3, -0.25) is 9.69 Å². The summed E-state index contributed by atoms with van der Waals surface area (Å²) in [7, 11) is 3.81. The van der Waals surface area contributed by atoms with Crippen LogP contribution < -0.4 is 10.1 Å². The van der Waals surface area contributed by atoms with Gasteiger partial charge in [0.25, 0.3) is 0 Å². The van der Waals surface area contributed by atoms with Gasteiger partial charge in [-0.1, -0.05) is 30.3 Å². The van der Waals surface area contributed by atoms with Crippen molar-refractivity contribution in [2.45, 2.75) is 23.1 Å². The van der Waals surface area contributed by atoms with E-state index >= 15 is 0 Å². The molecule has 1 aliphatic heterocycles. The number of hydrogen-bond donors (Lipinski definition) is 1.